The van der Waals surface area contributed by atoms with Gasteiger partial charge < -0.3 is 9.47 Å². The van der Waals surface area contributed by atoms with Gasteiger partial charge in [-0.1, -0.05) is 29.8 Å². The van der Waals surface area contributed by atoms with Crippen molar-refractivity contribution in [1.82, 2.24) is 5.32 Å². The summed E-state index contributed by atoms with van der Waals surface area (Å²) < 4.78 is 11.1. The molecule has 2 aromatic rings. The number of rotatable bonds is 5. The number of halogens is 1. The van der Waals surface area contributed by atoms with Gasteiger partial charge in [0, 0.05) is 5.02 Å². The standard InChI is InChI=1S/C18H14ClNO4S/c1-23-15-8-11(9-16-17(21)20-18(22)25-16)5-6-14(15)24-10-12-3-2-4-13(19)7-12/h2-9H,10H2,1H3,(H,20,21,22)/b16-9-. The van der Waals surface area contributed by atoms with E-state index in [1.165, 1.54) is 0 Å². The third-order valence-electron chi connectivity index (χ3n) is 3.41. The molecule has 5 nitrogen and oxygen atoms in total. The molecule has 3 rings (SSSR count). The Labute approximate surface area is 154 Å². The predicted molar refractivity (Wildman–Crippen MR) is 97.9 cm³/mol. The van der Waals surface area contributed by atoms with Crippen LogP contribution in [0.25, 0.3) is 6.08 Å². The summed E-state index contributed by atoms with van der Waals surface area (Å²) in [6.45, 7) is 0.351. The fourth-order valence-corrected chi connectivity index (χ4v) is 3.15. The number of carbonyl (C=O) groups excluding carboxylic acids is 2. The maximum absolute atomic E-state index is 11.6. The molecule has 0 saturated carbocycles. The molecule has 1 saturated heterocycles. The van der Waals surface area contributed by atoms with Gasteiger partial charge in [-0.25, -0.2) is 0 Å². The van der Waals surface area contributed by atoms with E-state index >= 15 is 0 Å². The normalized spacial score (nSPS) is 15.4. The zero-order chi connectivity index (χ0) is 17.8. The van der Waals surface area contributed by atoms with Crippen LogP contribution in [0.3, 0.4) is 0 Å². The Bertz CT molecular complexity index is 866. The van der Waals surface area contributed by atoms with Crippen LogP contribution < -0.4 is 14.8 Å². The van der Waals surface area contributed by atoms with Crippen molar-refractivity contribution in [3.63, 3.8) is 0 Å². The molecule has 0 bridgehead atoms. The molecule has 0 radical (unpaired) electrons. The third kappa shape index (κ3) is 4.35. The number of hydrogen-bond acceptors (Lipinski definition) is 5. The Morgan fingerprint density at radius 3 is 2.68 bits per heavy atom. The predicted octanol–water partition coefficient (Wildman–Crippen LogP) is 4.25. The molecule has 128 valence electrons. The number of methoxy groups -OCH3 is 1. The van der Waals surface area contributed by atoms with Crippen LogP contribution in [0.2, 0.25) is 5.02 Å². The Morgan fingerprint density at radius 1 is 1.16 bits per heavy atom. The van der Waals surface area contributed by atoms with Crippen molar-refractivity contribution < 1.29 is 19.1 Å². The molecule has 2 aromatic carbocycles. The molecule has 0 aromatic heterocycles. The van der Waals surface area contributed by atoms with Gasteiger partial charge in [0.05, 0.1) is 12.0 Å². The molecule has 0 aliphatic carbocycles. The van der Waals surface area contributed by atoms with Crippen LogP contribution in [0.5, 0.6) is 11.5 Å². The first-order valence-corrected chi connectivity index (χ1v) is 8.55. The molecule has 25 heavy (non-hydrogen) atoms. The highest BCUT2D eigenvalue weighted by Gasteiger charge is 2.25. The second-order valence-electron chi connectivity index (χ2n) is 5.18. The summed E-state index contributed by atoms with van der Waals surface area (Å²) >= 11 is 6.84. The molecule has 0 spiro atoms. The molecule has 0 unspecified atom stereocenters. The highest BCUT2D eigenvalue weighted by atomic mass is 35.5. The minimum atomic E-state index is -0.393. The third-order valence-corrected chi connectivity index (χ3v) is 4.46. The van der Waals surface area contributed by atoms with Gasteiger partial charge in [0.2, 0.25) is 0 Å². The van der Waals surface area contributed by atoms with Gasteiger partial charge in [0.25, 0.3) is 11.1 Å². The maximum Gasteiger partial charge on any atom is 0.290 e. The summed E-state index contributed by atoms with van der Waals surface area (Å²) in [5.74, 6) is 0.714. The van der Waals surface area contributed by atoms with Gasteiger partial charge in [0.1, 0.15) is 6.61 Å². The summed E-state index contributed by atoms with van der Waals surface area (Å²) in [6.07, 6.45) is 1.63. The van der Waals surface area contributed by atoms with E-state index < -0.39 is 5.91 Å². The Kier molecular flexibility index (Phi) is 5.31. The molecule has 1 aliphatic heterocycles. The number of nitrogens with one attached hydrogen (secondary N) is 1. The number of amides is 2. The van der Waals surface area contributed by atoms with Gasteiger partial charge in [-0.2, -0.15) is 0 Å². The SMILES string of the molecule is COc1cc(/C=C2\SC(=O)NC2=O)ccc1OCc1cccc(Cl)c1. The van der Waals surface area contributed by atoms with Crippen LogP contribution in [0, 0.1) is 0 Å². The molecule has 1 fully saturated rings. The van der Waals surface area contributed by atoms with Crippen LogP contribution in [-0.2, 0) is 11.4 Å². The minimum Gasteiger partial charge on any atom is -0.493 e. The van der Waals surface area contributed by atoms with Crippen LogP contribution in [-0.4, -0.2) is 18.3 Å². The van der Waals surface area contributed by atoms with E-state index in [0.29, 0.717) is 28.0 Å². The van der Waals surface area contributed by atoms with E-state index in [9.17, 15) is 9.59 Å². The van der Waals surface area contributed by atoms with Crippen LogP contribution in [0.4, 0.5) is 4.79 Å². The highest BCUT2D eigenvalue weighted by molar-refractivity contribution is 8.18. The number of carbonyl (C=O) groups is 2. The summed E-state index contributed by atoms with van der Waals surface area (Å²) in [6, 6.07) is 12.7. The van der Waals surface area contributed by atoms with Crippen LogP contribution >= 0.6 is 23.4 Å². The van der Waals surface area contributed by atoms with Crippen molar-refractivity contribution in [2.45, 2.75) is 6.61 Å². The summed E-state index contributed by atoms with van der Waals surface area (Å²) in [5.41, 5.74) is 1.68. The quantitative estimate of drug-likeness (QED) is 0.791. The van der Waals surface area contributed by atoms with Gasteiger partial charge in [-0.05, 0) is 53.2 Å². The smallest absolute Gasteiger partial charge is 0.290 e. The van der Waals surface area contributed by atoms with Crippen molar-refractivity contribution in [3.05, 3.63) is 63.5 Å². The molecule has 1 heterocycles. The number of benzene rings is 2. The van der Waals surface area contributed by atoms with Crippen LogP contribution in [0.1, 0.15) is 11.1 Å². The van der Waals surface area contributed by atoms with E-state index in [2.05, 4.69) is 5.32 Å². The fraction of sp³-hybridized carbons (Fsp3) is 0.111. The first-order chi connectivity index (χ1) is 12.0. The number of imide groups is 1. The minimum absolute atomic E-state index is 0.347. The molecule has 7 heteroatoms. The number of thioether (sulfide) groups is 1. The van der Waals surface area contributed by atoms with Gasteiger partial charge in [-0.15, -0.1) is 0 Å². The number of hydrogen-bond donors (Lipinski definition) is 1. The van der Waals surface area contributed by atoms with Crippen molar-refractivity contribution in [1.29, 1.82) is 0 Å². The lowest BCUT2D eigenvalue weighted by atomic mass is 10.2. The maximum atomic E-state index is 11.6. The number of ether oxygens (including phenoxy) is 2. The largest absolute Gasteiger partial charge is 0.493 e. The van der Waals surface area contributed by atoms with Crippen molar-refractivity contribution in [2.24, 2.45) is 0 Å². The molecule has 1 aliphatic rings. The van der Waals surface area contributed by atoms with Gasteiger partial charge in [-0.3, -0.25) is 14.9 Å². The molecular formula is C18H14ClNO4S. The first-order valence-electron chi connectivity index (χ1n) is 7.35. The van der Waals surface area contributed by atoms with Crippen molar-refractivity contribution >= 4 is 40.6 Å². The van der Waals surface area contributed by atoms with E-state index in [0.717, 1.165) is 22.9 Å². The van der Waals surface area contributed by atoms with Crippen molar-refractivity contribution in [3.8, 4) is 11.5 Å². The summed E-state index contributed by atoms with van der Waals surface area (Å²) in [4.78, 5) is 23.2. The average molecular weight is 376 g/mol. The Morgan fingerprint density at radius 2 is 2.00 bits per heavy atom. The molecule has 2 amide bonds. The second kappa shape index (κ2) is 7.63. The fourth-order valence-electron chi connectivity index (χ4n) is 2.25. The average Bonchev–Trinajstić information content (AvgIpc) is 2.91. The van der Waals surface area contributed by atoms with E-state index in [1.54, 1.807) is 37.5 Å². The lowest BCUT2D eigenvalue weighted by Gasteiger charge is -2.11. The highest BCUT2D eigenvalue weighted by Crippen LogP contribution is 2.32. The van der Waals surface area contributed by atoms with E-state index in [1.807, 2.05) is 18.2 Å². The Hall–Kier alpha value is -2.44. The topological polar surface area (TPSA) is 64.6 Å². The first kappa shape index (κ1) is 17.4. The molecule has 1 N–H and O–H groups in total. The van der Waals surface area contributed by atoms with Crippen LogP contribution in [0.15, 0.2) is 47.4 Å². The summed E-state index contributed by atoms with van der Waals surface area (Å²) in [7, 11) is 1.54. The van der Waals surface area contributed by atoms with Gasteiger partial charge in [0.15, 0.2) is 11.5 Å². The second-order valence-corrected chi connectivity index (χ2v) is 6.63. The van der Waals surface area contributed by atoms with E-state index in [-0.39, 0.29) is 5.24 Å². The molecular weight excluding hydrogens is 362 g/mol. The zero-order valence-corrected chi connectivity index (χ0v) is 14.8. The lowest BCUT2D eigenvalue weighted by molar-refractivity contribution is -0.115. The molecule has 0 atom stereocenters. The van der Waals surface area contributed by atoms with E-state index in [4.69, 9.17) is 21.1 Å². The summed E-state index contributed by atoms with van der Waals surface area (Å²) in [5, 5.41) is 2.50. The Balaban J connectivity index is 1.77. The zero-order valence-electron chi connectivity index (χ0n) is 13.2. The van der Waals surface area contributed by atoms with Crippen molar-refractivity contribution in [2.75, 3.05) is 7.11 Å². The monoisotopic (exact) mass is 375 g/mol. The van der Waals surface area contributed by atoms with Gasteiger partial charge >= 0.3 is 0 Å². The lowest BCUT2D eigenvalue weighted by Crippen LogP contribution is -2.17.